The van der Waals surface area contributed by atoms with E-state index >= 15 is 0 Å². The van der Waals surface area contributed by atoms with Gasteiger partial charge in [-0.2, -0.15) is 18.3 Å². The molecule has 0 atom stereocenters. The van der Waals surface area contributed by atoms with Crippen LogP contribution in [0.5, 0.6) is 5.75 Å². The zero-order valence-electron chi connectivity index (χ0n) is 16.9. The standard InChI is InChI=1S/C21H17F4N3O4/c1-3-32-20(30)16-11-26-28(18(16)21(23,24)25)13-6-4-12(5-7-13)27-19(29)15-9-8-14(31-2)10-17(15)22/h4-11H,3H2,1-2H3,(H,27,29). The Bertz CT molecular complexity index is 1140. The molecule has 168 valence electrons. The number of amides is 1. The number of nitrogens with one attached hydrogen (secondary N) is 1. The third kappa shape index (κ3) is 4.71. The number of anilines is 1. The summed E-state index contributed by atoms with van der Waals surface area (Å²) in [6.45, 7) is 1.38. The molecule has 0 fully saturated rings. The second-order valence-corrected chi connectivity index (χ2v) is 6.38. The first-order valence-corrected chi connectivity index (χ1v) is 9.23. The van der Waals surface area contributed by atoms with E-state index in [1.807, 2.05) is 0 Å². The van der Waals surface area contributed by atoms with Gasteiger partial charge in [0.1, 0.15) is 17.1 Å². The Morgan fingerprint density at radius 1 is 1.09 bits per heavy atom. The van der Waals surface area contributed by atoms with Crippen LogP contribution in [0, 0.1) is 5.82 Å². The lowest BCUT2D eigenvalue weighted by molar-refractivity contribution is -0.143. The molecule has 32 heavy (non-hydrogen) atoms. The van der Waals surface area contributed by atoms with Crippen molar-refractivity contribution in [3.63, 3.8) is 0 Å². The zero-order valence-corrected chi connectivity index (χ0v) is 16.9. The molecule has 0 aliphatic heterocycles. The Morgan fingerprint density at radius 2 is 1.78 bits per heavy atom. The molecule has 1 amide bonds. The Balaban J connectivity index is 1.86. The zero-order chi connectivity index (χ0) is 23.5. The van der Waals surface area contributed by atoms with Crippen molar-refractivity contribution in [3.8, 4) is 11.4 Å². The van der Waals surface area contributed by atoms with Crippen molar-refractivity contribution < 1.29 is 36.6 Å². The summed E-state index contributed by atoms with van der Waals surface area (Å²) in [6.07, 6.45) is -4.10. The maximum atomic E-state index is 14.1. The summed E-state index contributed by atoms with van der Waals surface area (Å²) in [4.78, 5) is 24.2. The molecule has 0 radical (unpaired) electrons. The lowest BCUT2D eigenvalue weighted by Gasteiger charge is -2.13. The maximum Gasteiger partial charge on any atom is 0.434 e. The van der Waals surface area contributed by atoms with Crippen LogP contribution in [0.4, 0.5) is 23.2 Å². The largest absolute Gasteiger partial charge is 0.497 e. The molecule has 1 heterocycles. The van der Waals surface area contributed by atoms with E-state index in [-0.39, 0.29) is 29.3 Å². The Hall–Kier alpha value is -3.89. The second-order valence-electron chi connectivity index (χ2n) is 6.38. The number of nitrogens with zero attached hydrogens (tertiary/aromatic N) is 2. The summed E-state index contributed by atoms with van der Waals surface area (Å²) >= 11 is 0. The van der Waals surface area contributed by atoms with E-state index in [1.54, 1.807) is 0 Å². The number of carbonyl (C=O) groups excluding carboxylic acids is 2. The van der Waals surface area contributed by atoms with Gasteiger partial charge in [-0.15, -0.1) is 0 Å². The second kappa shape index (κ2) is 9.08. The molecule has 0 aliphatic carbocycles. The number of alkyl halides is 3. The molecule has 3 aromatic rings. The van der Waals surface area contributed by atoms with Gasteiger partial charge in [-0.05, 0) is 43.3 Å². The number of methoxy groups -OCH3 is 1. The minimum Gasteiger partial charge on any atom is -0.497 e. The third-order valence-electron chi connectivity index (χ3n) is 4.32. The minimum atomic E-state index is -4.88. The molecule has 1 aromatic heterocycles. The fourth-order valence-corrected chi connectivity index (χ4v) is 2.87. The van der Waals surface area contributed by atoms with Gasteiger partial charge >= 0.3 is 12.1 Å². The number of aromatic nitrogens is 2. The molecule has 0 aliphatic rings. The van der Waals surface area contributed by atoms with Gasteiger partial charge in [0.2, 0.25) is 0 Å². The van der Waals surface area contributed by atoms with Gasteiger partial charge in [-0.25, -0.2) is 13.9 Å². The smallest absolute Gasteiger partial charge is 0.434 e. The average molecular weight is 451 g/mol. The van der Waals surface area contributed by atoms with Crippen molar-refractivity contribution in [2.24, 2.45) is 0 Å². The van der Waals surface area contributed by atoms with Crippen LogP contribution in [0.3, 0.4) is 0 Å². The van der Waals surface area contributed by atoms with Crippen LogP contribution >= 0.6 is 0 Å². The molecule has 2 aromatic carbocycles. The van der Waals surface area contributed by atoms with Crippen LogP contribution in [0.1, 0.15) is 33.3 Å². The van der Waals surface area contributed by atoms with Crippen molar-refractivity contribution in [2.75, 3.05) is 19.0 Å². The molecule has 11 heteroatoms. The molecule has 0 spiro atoms. The van der Waals surface area contributed by atoms with E-state index in [0.29, 0.717) is 4.68 Å². The van der Waals surface area contributed by atoms with Gasteiger partial charge < -0.3 is 14.8 Å². The van der Waals surface area contributed by atoms with E-state index in [2.05, 4.69) is 15.2 Å². The summed E-state index contributed by atoms with van der Waals surface area (Å²) in [7, 11) is 1.36. The lowest BCUT2D eigenvalue weighted by atomic mass is 10.1. The van der Waals surface area contributed by atoms with Crippen molar-refractivity contribution in [3.05, 3.63) is 71.3 Å². The number of benzene rings is 2. The fourth-order valence-electron chi connectivity index (χ4n) is 2.87. The summed E-state index contributed by atoms with van der Waals surface area (Å²) < 4.78 is 64.9. The third-order valence-corrected chi connectivity index (χ3v) is 4.32. The van der Waals surface area contributed by atoms with Crippen LogP contribution < -0.4 is 10.1 Å². The summed E-state index contributed by atoms with van der Waals surface area (Å²) in [6, 6.07) is 8.87. The Morgan fingerprint density at radius 3 is 2.34 bits per heavy atom. The number of esters is 1. The van der Waals surface area contributed by atoms with Gasteiger partial charge in [0.15, 0.2) is 5.69 Å². The topological polar surface area (TPSA) is 82.5 Å². The van der Waals surface area contributed by atoms with Crippen molar-refractivity contribution >= 4 is 17.6 Å². The Labute approximate surface area is 179 Å². The van der Waals surface area contributed by atoms with Crippen molar-refractivity contribution in [2.45, 2.75) is 13.1 Å². The van der Waals surface area contributed by atoms with Crippen LogP contribution in [-0.4, -0.2) is 35.4 Å². The van der Waals surface area contributed by atoms with Crippen LogP contribution in [0.15, 0.2) is 48.7 Å². The van der Waals surface area contributed by atoms with E-state index in [4.69, 9.17) is 4.74 Å². The van der Waals surface area contributed by atoms with E-state index in [0.717, 1.165) is 12.3 Å². The van der Waals surface area contributed by atoms with Gasteiger partial charge in [-0.1, -0.05) is 0 Å². The number of rotatable bonds is 6. The normalized spacial score (nSPS) is 11.2. The molecule has 0 unspecified atom stereocenters. The minimum absolute atomic E-state index is 0.0125. The van der Waals surface area contributed by atoms with Crippen LogP contribution in [0.25, 0.3) is 5.69 Å². The molecular weight excluding hydrogens is 434 g/mol. The van der Waals surface area contributed by atoms with Crippen LogP contribution in [-0.2, 0) is 10.9 Å². The molecule has 0 saturated heterocycles. The van der Waals surface area contributed by atoms with Gasteiger partial charge in [0.05, 0.1) is 31.2 Å². The number of ether oxygens (including phenoxy) is 2. The van der Waals surface area contributed by atoms with Crippen molar-refractivity contribution in [1.82, 2.24) is 9.78 Å². The average Bonchev–Trinajstić information content (AvgIpc) is 3.20. The van der Waals surface area contributed by atoms with Gasteiger partial charge in [0, 0.05) is 11.8 Å². The number of hydrogen-bond donors (Lipinski definition) is 1. The molecule has 1 N–H and O–H groups in total. The molecule has 0 saturated carbocycles. The van der Waals surface area contributed by atoms with Gasteiger partial charge in [-0.3, -0.25) is 4.79 Å². The summed E-state index contributed by atoms with van der Waals surface area (Å²) in [5, 5.41) is 6.12. The van der Waals surface area contributed by atoms with Crippen LogP contribution in [0.2, 0.25) is 0 Å². The van der Waals surface area contributed by atoms with Crippen molar-refractivity contribution in [1.29, 1.82) is 0 Å². The molecular formula is C21H17F4N3O4. The highest BCUT2D eigenvalue weighted by atomic mass is 19.4. The lowest BCUT2D eigenvalue weighted by Crippen LogP contribution is -2.18. The van der Waals surface area contributed by atoms with Gasteiger partial charge in [0.25, 0.3) is 5.91 Å². The first-order valence-electron chi connectivity index (χ1n) is 9.23. The summed E-state index contributed by atoms with van der Waals surface area (Å²) in [5.41, 5.74) is -2.04. The predicted octanol–water partition coefficient (Wildman–Crippen LogP) is 4.47. The monoisotopic (exact) mass is 451 g/mol. The molecule has 0 bridgehead atoms. The highest BCUT2D eigenvalue weighted by molar-refractivity contribution is 6.04. The maximum absolute atomic E-state index is 14.1. The fraction of sp³-hybridized carbons (Fsp3) is 0.190. The number of carbonyl (C=O) groups is 2. The first-order chi connectivity index (χ1) is 15.2. The summed E-state index contributed by atoms with van der Waals surface area (Å²) in [5.74, 6) is -2.45. The van der Waals surface area contributed by atoms with E-state index in [1.165, 1.54) is 50.4 Å². The number of halogens is 4. The predicted molar refractivity (Wildman–Crippen MR) is 105 cm³/mol. The number of hydrogen-bond acceptors (Lipinski definition) is 5. The SMILES string of the molecule is CCOC(=O)c1cnn(-c2ccc(NC(=O)c3ccc(OC)cc3F)cc2)c1C(F)(F)F. The molecule has 3 rings (SSSR count). The van der Waals surface area contributed by atoms with E-state index in [9.17, 15) is 27.2 Å². The first kappa shape index (κ1) is 22.8. The highest BCUT2D eigenvalue weighted by Crippen LogP contribution is 2.34. The Kier molecular flexibility index (Phi) is 6.47. The quantitative estimate of drug-likeness (QED) is 0.442. The molecule has 7 nitrogen and oxygen atoms in total. The van der Waals surface area contributed by atoms with E-state index < -0.39 is 35.1 Å². The highest BCUT2D eigenvalue weighted by Gasteiger charge is 2.41.